The number of benzene rings is 1. The Bertz CT molecular complexity index is 583. The molecule has 2 N–H and O–H groups in total. The van der Waals surface area contributed by atoms with Crippen molar-refractivity contribution < 1.29 is 19.5 Å². The molecular weight excluding hydrogens is 260 g/mol. The minimum absolute atomic E-state index is 0.0857. The molecule has 1 heterocycles. The molecule has 0 saturated heterocycles. The van der Waals surface area contributed by atoms with E-state index in [-0.39, 0.29) is 18.4 Å². The number of carboxylic acid groups (broad SMARTS) is 1. The van der Waals surface area contributed by atoms with E-state index in [2.05, 4.69) is 5.32 Å². The Labute approximate surface area is 116 Å². The van der Waals surface area contributed by atoms with Crippen LogP contribution in [0.5, 0.6) is 0 Å². The Hall–Kier alpha value is -2.37. The number of fused-ring (bicyclic) bond motifs is 1. The summed E-state index contributed by atoms with van der Waals surface area (Å²) in [6.07, 6.45) is 0.329. The van der Waals surface area contributed by atoms with Gasteiger partial charge in [-0.3, -0.25) is 14.4 Å². The maximum absolute atomic E-state index is 12.2. The Kier molecular flexibility index (Phi) is 3.74. The van der Waals surface area contributed by atoms with Gasteiger partial charge in [0, 0.05) is 24.8 Å². The van der Waals surface area contributed by atoms with Gasteiger partial charge in [-0.05, 0) is 17.7 Å². The lowest BCUT2D eigenvalue weighted by molar-refractivity contribution is -0.141. The molecular formula is C14H16N2O4. The predicted octanol–water partition coefficient (Wildman–Crippen LogP) is 0.974. The second kappa shape index (κ2) is 5.32. The standard InChI is InChI=1S/C14H16N2O4/c1-8(14(19)20)7-16(2)13(18)10-4-3-9-6-12(17)15-11(9)5-10/h3-5,8H,6-7H2,1-2H3,(H,15,17)(H,19,20). The van der Waals surface area contributed by atoms with Crippen LogP contribution in [0.1, 0.15) is 22.8 Å². The molecule has 0 radical (unpaired) electrons. The Morgan fingerprint density at radius 1 is 1.45 bits per heavy atom. The average Bonchev–Trinajstić information content (AvgIpc) is 2.76. The van der Waals surface area contributed by atoms with E-state index in [0.717, 1.165) is 5.56 Å². The first-order valence-electron chi connectivity index (χ1n) is 6.29. The minimum atomic E-state index is -0.939. The molecule has 106 valence electrons. The molecule has 1 atom stereocenters. The molecule has 2 rings (SSSR count). The van der Waals surface area contributed by atoms with Gasteiger partial charge in [0.25, 0.3) is 5.91 Å². The fourth-order valence-electron chi connectivity index (χ4n) is 2.14. The normalized spacial score (nSPS) is 14.4. The molecule has 0 aliphatic carbocycles. The number of anilines is 1. The Morgan fingerprint density at radius 3 is 2.80 bits per heavy atom. The van der Waals surface area contributed by atoms with Crippen LogP contribution in [0.2, 0.25) is 0 Å². The molecule has 0 saturated carbocycles. The van der Waals surface area contributed by atoms with Gasteiger partial charge in [0.15, 0.2) is 0 Å². The second-order valence-electron chi connectivity index (χ2n) is 5.02. The second-order valence-corrected chi connectivity index (χ2v) is 5.02. The first-order valence-corrected chi connectivity index (χ1v) is 6.29. The Morgan fingerprint density at radius 2 is 2.15 bits per heavy atom. The van der Waals surface area contributed by atoms with Crippen LogP contribution in [0.15, 0.2) is 18.2 Å². The summed E-state index contributed by atoms with van der Waals surface area (Å²) < 4.78 is 0. The van der Waals surface area contributed by atoms with Crippen molar-refractivity contribution in [2.24, 2.45) is 5.92 Å². The van der Waals surface area contributed by atoms with Gasteiger partial charge in [0.05, 0.1) is 12.3 Å². The summed E-state index contributed by atoms with van der Waals surface area (Å²) >= 11 is 0. The van der Waals surface area contributed by atoms with Crippen molar-refractivity contribution in [3.05, 3.63) is 29.3 Å². The summed E-state index contributed by atoms with van der Waals surface area (Å²) in [6, 6.07) is 5.03. The first-order chi connectivity index (χ1) is 9.38. The fraction of sp³-hybridized carbons (Fsp3) is 0.357. The quantitative estimate of drug-likeness (QED) is 0.858. The summed E-state index contributed by atoms with van der Waals surface area (Å²) in [5.41, 5.74) is 1.96. The molecule has 0 aromatic heterocycles. The van der Waals surface area contributed by atoms with Gasteiger partial charge in [-0.15, -0.1) is 0 Å². The van der Waals surface area contributed by atoms with E-state index in [1.165, 1.54) is 4.90 Å². The van der Waals surface area contributed by atoms with Crippen LogP contribution in [0.3, 0.4) is 0 Å². The van der Waals surface area contributed by atoms with Crippen molar-refractivity contribution >= 4 is 23.5 Å². The third-order valence-electron chi connectivity index (χ3n) is 3.30. The highest BCUT2D eigenvalue weighted by Gasteiger charge is 2.22. The highest BCUT2D eigenvalue weighted by atomic mass is 16.4. The molecule has 6 heteroatoms. The average molecular weight is 276 g/mol. The zero-order chi connectivity index (χ0) is 14.9. The maximum Gasteiger partial charge on any atom is 0.308 e. The lowest BCUT2D eigenvalue weighted by Gasteiger charge is -2.19. The summed E-state index contributed by atoms with van der Waals surface area (Å²) in [6.45, 7) is 1.69. The molecule has 0 fully saturated rings. The highest BCUT2D eigenvalue weighted by Crippen LogP contribution is 2.24. The van der Waals surface area contributed by atoms with E-state index in [4.69, 9.17) is 5.11 Å². The van der Waals surface area contributed by atoms with Gasteiger partial charge >= 0.3 is 5.97 Å². The molecule has 1 aromatic rings. The van der Waals surface area contributed by atoms with Gasteiger partial charge < -0.3 is 15.3 Å². The van der Waals surface area contributed by atoms with Gasteiger partial charge in [0.1, 0.15) is 0 Å². The third kappa shape index (κ3) is 2.79. The summed E-state index contributed by atoms with van der Waals surface area (Å²) in [7, 11) is 1.56. The lowest BCUT2D eigenvalue weighted by Crippen LogP contribution is -2.33. The number of amides is 2. The van der Waals surface area contributed by atoms with Crippen LogP contribution in [0.4, 0.5) is 5.69 Å². The largest absolute Gasteiger partial charge is 0.481 e. The van der Waals surface area contributed by atoms with Gasteiger partial charge in [-0.1, -0.05) is 13.0 Å². The number of nitrogens with zero attached hydrogens (tertiary/aromatic N) is 1. The SMILES string of the molecule is CC(CN(C)C(=O)c1ccc2c(c1)NC(=O)C2)C(=O)O. The molecule has 1 unspecified atom stereocenters. The Balaban J connectivity index is 2.12. The number of hydrogen-bond acceptors (Lipinski definition) is 3. The van der Waals surface area contributed by atoms with Gasteiger partial charge in [-0.25, -0.2) is 0 Å². The van der Waals surface area contributed by atoms with Crippen LogP contribution in [-0.4, -0.2) is 41.4 Å². The molecule has 6 nitrogen and oxygen atoms in total. The minimum Gasteiger partial charge on any atom is -0.481 e. The molecule has 20 heavy (non-hydrogen) atoms. The topological polar surface area (TPSA) is 86.7 Å². The highest BCUT2D eigenvalue weighted by molar-refractivity contribution is 6.02. The van der Waals surface area contributed by atoms with E-state index >= 15 is 0 Å². The fourth-order valence-corrected chi connectivity index (χ4v) is 2.14. The molecule has 2 amide bonds. The zero-order valence-electron chi connectivity index (χ0n) is 11.3. The molecule has 1 aliphatic heterocycles. The monoisotopic (exact) mass is 276 g/mol. The molecule has 1 aliphatic rings. The van der Waals surface area contributed by atoms with Crippen LogP contribution in [0, 0.1) is 5.92 Å². The van der Waals surface area contributed by atoms with Crippen LogP contribution in [-0.2, 0) is 16.0 Å². The number of carbonyl (C=O) groups excluding carboxylic acids is 2. The lowest BCUT2D eigenvalue weighted by atomic mass is 10.1. The molecule has 0 spiro atoms. The van der Waals surface area contributed by atoms with Crippen LogP contribution >= 0.6 is 0 Å². The number of rotatable bonds is 4. The number of carbonyl (C=O) groups is 3. The van der Waals surface area contributed by atoms with Crippen molar-refractivity contribution in [1.29, 1.82) is 0 Å². The van der Waals surface area contributed by atoms with Crippen molar-refractivity contribution in [3.8, 4) is 0 Å². The number of carboxylic acids is 1. The zero-order valence-corrected chi connectivity index (χ0v) is 11.3. The first kappa shape index (κ1) is 14.0. The summed E-state index contributed by atoms with van der Waals surface area (Å²) in [5, 5.41) is 11.5. The number of hydrogen-bond donors (Lipinski definition) is 2. The van der Waals surface area contributed by atoms with E-state index in [1.54, 1.807) is 32.2 Å². The van der Waals surface area contributed by atoms with Crippen LogP contribution < -0.4 is 5.32 Å². The smallest absolute Gasteiger partial charge is 0.308 e. The number of nitrogens with one attached hydrogen (secondary N) is 1. The van der Waals surface area contributed by atoms with E-state index < -0.39 is 11.9 Å². The third-order valence-corrected chi connectivity index (χ3v) is 3.30. The van der Waals surface area contributed by atoms with Crippen LogP contribution in [0.25, 0.3) is 0 Å². The predicted molar refractivity (Wildman–Crippen MR) is 72.5 cm³/mol. The van der Waals surface area contributed by atoms with E-state index in [0.29, 0.717) is 17.7 Å². The summed E-state index contributed by atoms with van der Waals surface area (Å²) in [4.78, 5) is 35.6. The van der Waals surface area contributed by atoms with Crippen molar-refractivity contribution in [2.45, 2.75) is 13.3 Å². The van der Waals surface area contributed by atoms with Gasteiger partial charge in [0.2, 0.25) is 5.91 Å². The van der Waals surface area contributed by atoms with E-state index in [9.17, 15) is 14.4 Å². The van der Waals surface area contributed by atoms with Crippen molar-refractivity contribution in [3.63, 3.8) is 0 Å². The summed E-state index contributed by atoms with van der Waals surface area (Å²) in [5.74, 6) is -1.91. The molecule has 0 bridgehead atoms. The molecule has 1 aromatic carbocycles. The van der Waals surface area contributed by atoms with Crippen molar-refractivity contribution in [2.75, 3.05) is 18.9 Å². The maximum atomic E-state index is 12.2. The van der Waals surface area contributed by atoms with Gasteiger partial charge in [-0.2, -0.15) is 0 Å². The number of aliphatic carboxylic acids is 1. The van der Waals surface area contributed by atoms with Crippen molar-refractivity contribution in [1.82, 2.24) is 4.90 Å². The van der Waals surface area contributed by atoms with E-state index in [1.807, 2.05) is 0 Å².